The van der Waals surface area contributed by atoms with Crippen LogP contribution in [0.15, 0.2) is 47.0 Å². The number of hydrogen-bond donors (Lipinski definition) is 0. The molecule has 0 aliphatic carbocycles. The maximum atomic E-state index is 12.7. The van der Waals surface area contributed by atoms with Crippen LogP contribution in [0.4, 0.5) is 8.78 Å². The largest absolute Gasteiger partial charge is 0.284 e. The van der Waals surface area contributed by atoms with Crippen molar-refractivity contribution in [1.82, 2.24) is 0 Å². The normalized spacial score (nSPS) is 18.5. The van der Waals surface area contributed by atoms with Crippen LogP contribution in [-0.4, -0.2) is 12.3 Å². The molecular weight excluding hydrogens is 208 g/mol. The van der Waals surface area contributed by atoms with Gasteiger partial charge < -0.3 is 0 Å². The Hall–Kier alpha value is -1.51. The second kappa shape index (κ2) is 3.81. The van der Waals surface area contributed by atoms with Crippen LogP contribution in [0.25, 0.3) is 0 Å². The first-order valence-electron chi connectivity index (χ1n) is 5.18. The number of benzene rings is 1. The minimum atomic E-state index is -1.60. The molecular formula is C13H13F2N. The summed E-state index contributed by atoms with van der Waals surface area (Å²) >= 11 is 0. The van der Waals surface area contributed by atoms with Crippen molar-refractivity contribution in [3.8, 4) is 0 Å². The highest BCUT2D eigenvalue weighted by atomic mass is 19.3. The molecule has 0 N–H and O–H groups in total. The lowest BCUT2D eigenvalue weighted by Crippen LogP contribution is -2.23. The summed E-state index contributed by atoms with van der Waals surface area (Å²) in [5, 5.41) is 0. The van der Waals surface area contributed by atoms with Crippen LogP contribution in [0.5, 0.6) is 0 Å². The van der Waals surface area contributed by atoms with E-state index in [2.05, 4.69) is 4.99 Å². The Morgan fingerprint density at radius 3 is 2.31 bits per heavy atom. The second-order valence-corrected chi connectivity index (χ2v) is 4.39. The third-order valence-electron chi connectivity index (χ3n) is 3.02. The Morgan fingerprint density at radius 2 is 1.81 bits per heavy atom. The zero-order chi connectivity index (χ0) is 11.8. The summed E-state index contributed by atoms with van der Waals surface area (Å²) in [6.07, 6.45) is -1.60. The highest BCUT2D eigenvalue weighted by Gasteiger charge is 2.37. The van der Waals surface area contributed by atoms with Crippen LogP contribution in [0.3, 0.4) is 0 Å². The van der Waals surface area contributed by atoms with Gasteiger partial charge in [0, 0.05) is 11.0 Å². The first kappa shape index (κ1) is 11.0. The molecule has 0 saturated carbocycles. The lowest BCUT2D eigenvalue weighted by Gasteiger charge is -2.22. The second-order valence-electron chi connectivity index (χ2n) is 4.39. The summed E-state index contributed by atoms with van der Waals surface area (Å²) in [6.45, 7) is 3.69. The lowest BCUT2D eigenvalue weighted by atomic mass is 9.79. The van der Waals surface area contributed by atoms with E-state index in [1.807, 2.05) is 30.3 Å². The summed E-state index contributed by atoms with van der Waals surface area (Å²) in [4.78, 5) is 4.24. The van der Waals surface area contributed by atoms with Crippen molar-refractivity contribution >= 4 is 5.71 Å². The van der Waals surface area contributed by atoms with E-state index in [4.69, 9.17) is 0 Å². The molecule has 0 fully saturated rings. The fourth-order valence-electron chi connectivity index (χ4n) is 2.04. The molecule has 0 spiro atoms. The van der Waals surface area contributed by atoms with Crippen LogP contribution < -0.4 is 0 Å². The fourth-order valence-corrected chi connectivity index (χ4v) is 2.04. The van der Waals surface area contributed by atoms with Gasteiger partial charge >= 0.3 is 0 Å². The molecule has 0 bridgehead atoms. The zero-order valence-electron chi connectivity index (χ0n) is 9.30. The van der Waals surface area contributed by atoms with Gasteiger partial charge in [0.1, 0.15) is 0 Å². The molecule has 0 saturated heterocycles. The Bertz CT molecular complexity index is 454. The Balaban J connectivity index is 2.44. The van der Waals surface area contributed by atoms with Gasteiger partial charge in [-0.3, -0.25) is 4.99 Å². The van der Waals surface area contributed by atoms with Gasteiger partial charge in [0.2, 0.25) is 0 Å². The van der Waals surface area contributed by atoms with Crippen molar-refractivity contribution in [2.75, 3.05) is 6.54 Å². The molecule has 3 heteroatoms. The predicted molar refractivity (Wildman–Crippen MR) is 60.9 cm³/mol. The highest BCUT2D eigenvalue weighted by molar-refractivity contribution is 6.07. The number of nitrogens with zero attached hydrogens (tertiary/aromatic N) is 1. The average Bonchev–Trinajstić information content (AvgIpc) is 2.55. The van der Waals surface area contributed by atoms with Gasteiger partial charge in [0.05, 0.1) is 12.3 Å². The molecule has 1 heterocycles. The van der Waals surface area contributed by atoms with Crippen LogP contribution in [-0.2, 0) is 0 Å². The van der Waals surface area contributed by atoms with Gasteiger partial charge in [0.15, 0.2) is 0 Å². The van der Waals surface area contributed by atoms with E-state index in [0.29, 0.717) is 0 Å². The van der Waals surface area contributed by atoms with Gasteiger partial charge in [-0.25, -0.2) is 0 Å². The van der Waals surface area contributed by atoms with Crippen molar-refractivity contribution in [2.24, 2.45) is 10.4 Å². The van der Waals surface area contributed by atoms with E-state index >= 15 is 0 Å². The van der Waals surface area contributed by atoms with Crippen molar-refractivity contribution in [3.63, 3.8) is 0 Å². The number of halogens is 2. The maximum Gasteiger partial charge on any atom is 0.272 e. The van der Waals surface area contributed by atoms with Gasteiger partial charge in [-0.2, -0.15) is 8.78 Å². The molecule has 16 heavy (non-hydrogen) atoms. The number of aliphatic imine (C=N–C) groups is 1. The first-order chi connectivity index (χ1) is 7.53. The molecule has 1 aromatic carbocycles. The molecule has 0 aromatic heterocycles. The van der Waals surface area contributed by atoms with Gasteiger partial charge in [-0.1, -0.05) is 44.2 Å². The van der Waals surface area contributed by atoms with Crippen LogP contribution in [0, 0.1) is 5.41 Å². The highest BCUT2D eigenvalue weighted by Crippen LogP contribution is 2.38. The number of rotatable bonds is 1. The van der Waals surface area contributed by atoms with E-state index in [0.717, 1.165) is 11.3 Å². The first-order valence-corrected chi connectivity index (χ1v) is 5.18. The van der Waals surface area contributed by atoms with E-state index in [1.165, 1.54) is 0 Å². The van der Waals surface area contributed by atoms with Crippen molar-refractivity contribution < 1.29 is 8.78 Å². The van der Waals surface area contributed by atoms with E-state index in [1.54, 1.807) is 13.8 Å². The quantitative estimate of drug-likeness (QED) is 0.686. The maximum absolute atomic E-state index is 12.7. The summed E-state index contributed by atoms with van der Waals surface area (Å²) in [7, 11) is 0. The Kier molecular flexibility index (Phi) is 2.62. The minimum Gasteiger partial charge on any atom is -0.284 e. The van der Waals surface area contributed by atoms with Crippen LogP contribution in [0.2, 0.25) is 0 Å². The predicted octanol–water partition coefficient (Wildman–Crippen LogP) is 3.67. The Morgan fingerprint density at radius 1 is 1.19 bits per heavy atom. The monoisotopic (exact) mass is 221 g/mol. The summed E-state index contributed by atoms with van der Waals surface area (Å²) in [6, 6.07) is 9.49. The molecule has 0 atom stereocenters. The molecule has 0 unspecified atom stereocenters. The molecule has 1 aliphatic rings. The van der Waals surface area contributed by atoms with Crippen molar-refractivity contribution in [1.29, 1.82) is 0 Å². The van der Waals surface area contributed by atoms with Crippen molar-refractivity contribution in [3.05, 3.63) is 47.5 Å². The molecule has 0 amide bonds. The van der Waals surface area contributed by atoms with Crippen LogP contribution >= 0.6 is 0 Å². The smallest absolute Gasteiger partial charge is 0.272 e. The minimum absolute atomic E-state index is 0.111. The van der Waals surface area contributed by atoms with E-state index < -0.39 is 11.5 Å². The van der Waals surface area contributed by atoms with Crippen LogP contribution in [0.1, 0.15) is 19.4 Å². The van der Waals surface area contributed by atoms with E-state index in [-0.39, 0.29) is 12.1 Å². The molecule has 2 rings (SSSR count). The average molecular weight is 221 g/mol. The Labute approximate surface area is 93.5 Å². The topological polar surface area (TPSA) is 12.4 Å². The standard InChI is InChI=1S/C13H13F2N/c1-13(2)10(12(14)15)8-16-11(13)9-6-4-3-5-7-9/h3-7H,8H2,1-2H3. The molecule has 0 radical (unpaired) electrons. The summed E-state index contributed by atoms with van der Waals surface area (Å²) in [5.74, 6) is 0. The fraction of sp³-hybridized carbons (Fsp3) is 0.308. The summed E-state index contributed by atoms with van der Waals surface area (Å²) < 4.78 is 25.5. The molecule has 84 valence electrons. The molecule has 1 nitrogen and oxygen atoms in total. The van der Waals surface area contributed by atoms with Gasteiger partial charge in [-0.05, 0) is 5.56 Å². The zero-order valence-corrected chi connectivity index (χ0v) is 9.30. The number of hydrogen-bond acceptors (Lipinski definition) is 1. The third kappa shape index (κ3) is 1.66. The summed E-state index contributed by atoms with van der Waals surface area (Å²) in [5.41, 5.74) is 1.13. The third-order valence-corrected chi connectivity index (χ3v) is 3.02. The van der Waals surface area contributed by atoms with E-state index in [9.17, 15) is 8.78 Å². The lowest BCUT2D eigenvalue weighted by molar-refractivity contribution is 0.392. The molecule has 1 aromatic rings. The molecule has 1 aliphatic heterocycles. The van der Waals surface area contributed by atoms with Crippen molar-refractivity contribution in [2.45, 2.75) is 13.8 Å². The van der Waals surface area contributed by atoms with Gasteiger partial charge in [-0.15, -0.1) is 0 Å². The van der Waals surface area contributed by atoms with Gasteiger partial charge in [0.25, 0.3) is 6.08 Å². The SMILES string of the molecule is CC1(C)C(c2ccccc2)=NCC1=C(F)F.